The first kappa shape index (κ1) is 11.4. The fraction of sp³-hybridized carbons (Fsp3) is 0.364. The van der Waals surface area contributed by atoms with E-state index < -0.39 is 0 Å². The highest BCUT2D eigenvalue weighted by Gasteiger charge is 2.09. The van der Waals surface area contributed by atoms with E-state index in [0.717, 1.165) is 18.4 Å². The number of alkyl halides is 1. The second kappa shape index (κ2) is 5.90. The lowest BCUT2D eigenvalue weighted by atomic mass is 9.96. The summed E-state index contributed by atoms with van der Waals surface area (Å²) >= 11 is 11.3. The van der Waals surface area contributed by atoms with Crippen molar-refractivity contribution in [2.75, 3.05) is 5.88 Å². The van der Waals surface area contributed by atoms with E-state index in [-0.39, 0.29) is 5.92 Å². The van der Waals surface area contributed by atoms with E-state index in [0.29, 0.717) is 10.9 Å². The van der Waals surface area contributed by atoms with Crippen molar-refractivity contribution in [3.63, 3.8) is 0 Å². The molecule has 0 aromatic heterocycles. The van der Waals surface area contributed by atoms with Gasteiger partial charge in [-0.3, -0.25) is 0 Å². The molecule has 1 rings (SSSR count). The lowest BCUT2D eigenvalue weighted by Gasteiger charge is -2.07. The first-order valence-corrected chi connectivity index (χ1v) is 5.40. The summed E-state index contributed by atoms with van der Waals surface area (Å²) in [5, 5.41) is 9.65. The van der Waals surface area contributed by atoms with Gasteiger partial charge in [-0.15, -0.1) is 11.6 Å². The lowest BCUT2D eigenvalue weighted by molar-refractivity contribution is 0.731. The molecule has 1 unspecified atom stereocenters. The van der Waals surface area contributed by atoms with Crippen LogP contribution in [-0.2, 0) is 0 Å². The maximum absolute atomic E-state index is 8.95. The lowest BCUT2D eigenvalue weighted by Crippen LogP contribution is -1.95. The van der Waals surface area contributed by atoms with Gasteiger partial charge in [-0.2, -0.15) is 5.26 Å². The number of hydrogen-bond acceptors (Lipinski definition) is 1. The summed E-state index contributed by atoms with van der Waals surface area (Å²) in [7, 11) is 0. The molecule has 0 spiro atoms. The van der Waals surface area contributed by atoms with Crippen molar-refractivity contribution in [1.29, 1.82) is 5.26 Å². The number of nitriles is 1. The Bertz CT molecular complexity index is 313. The van der Waals surface area contributed by atoms with Crippen LogP contribution >= 0.6 is 23.2 Å². The van der Waals surface area contributed by atoms with Gasteiger partial charge in [0.2, 0.25) is 0 Å². The first-order valence-electron chi connectivity index (χ1n) is 4.49. The van der Waals surface area contributed by atoms with E-state index in [1.165, 1.54) is 0 Å². The molecule has 1 aromatic carbocycles. The maximum Gasteiger partial charge on any atom is 0.0713 e. The second-order valence-electron chi connectivity index (χ2n) is 3.06. The Labute approximate surface area is 94.3 Å². The zero-order valence-corrected chi connectivity index (χ0v) is 9.22. The molecule has 1 nitrogen and oxygen atoms in total. The van der Waals surface area contributed by atoms with Crippen LogP contribution in [0.2, 0.25) is 5.02 Å². The first-order chi connectivity index (χ1) is 6.77. The summed E-state index contributed by atoms with van der Waals surface area (Å²) in [6.07, 6.45) is 1.67. The van der Waals surface area contributed by atoms with E-state index >= 15 is 0 Å². The summed E-state index contributed by atoms with van der Waals surface area (Å²) in [6, 6.07) is 9.67. The molecular weight excluding hydrogens is 217 g/mol. The van der Waals surface area contributed by atoms with Gasteiger partial charge in [0.15, 0.2) is 0 Å². The zero-order valence-electron chi connectivity index (χ0n) is 7.71. The number of halogens is 2. The molecule has 0 bridgehead atoms. The highest BCUT2D eigenvalue weighted by molar-refractivity contribution is 6.30. The molecule has 0 aliphatic rings. The van der Waals surface area contributed by atoms with E-state index in [1.807, 2.05) is 24.3 Å². The monoisotopic (exact) mass is 227 g/mol. The average molecular weight is 228 g/mol. The number of rotatable bonds is 4. The van der Waals surface area contributed by atoms with Crippen LogP contribution in [0.5, 0.6) is 0 Å². The van der Waals surface area contributed by atoms with Gasteiger partial charge in [-0.1, -0.05) is 23.7 Å². The molecule has 0 aliphatic heterocycles. The number of nitrogens with zero attached hydrogens (tertiary/aromatic N) is 1. The van der Waals surface area contributed by atoms with Gasteiger partial charge < -0.3 is 0 Å². The molecule has 3 heteroatoms. The van der Waals surface area contributed by atoms with Gasteiger partial charge in [-0.25, -0.2) is 0 Å². The molecule has 1 aromatic rings. The van der Waals surface area contributed by atoms with Crippen LogP contribution in [0, 0.1) is 11.3 Å². The van der Waals surface area contributed by atoms with Crippen LogP contribution in [0.1, 0.15) is 24.3 Å². The van der Waals surface area contributed by atoms with Gasteiger partial charge in [0.25, 0.3) is 0 Å². The van der Waals surface area contributed by atoms with Gasteiger partial charge in [-0.05, 0) is 30.5 Å². The maximum atomic E-state index is 8.95. The van der Waals surface area contributed by atoms with Gasteiger partial charge >= 0.3 is 0 Å². The minimum absolute atomic E-state index is 0.0639. The molecule has 0 saturated carbocycles. The SMILES string of the molecule is N#CC(CCCCl)c1ccc(Cl)cc1. The van der Waals surface area contributed by atoms with Crippen molar-refractivity contribution in [2.45, 2.75) is 18.8 Å². The van der Waals surface area contributed by atoms with Crippen molar-refractivity contribution in [3.8, 4) is 6.07 Å². The molecule has 0 radical (unpaired) electrons. The van der Waals surface area contributed by atoms with Crippen LogP contribution < -0.4 is 0 Å². The van der Waals surface area contributed by atoms with Crippen LogP contribution in [0.25, 0.3) is 0 Å². The largest absolute Gasteiger partial charge is 0.198 e. The molecule has 0 heterocycles. The molecule has 0 amide bonds. The average Bonchev–Trinajstić information content (AvgIpc) is 2.21. The van der Waals surface area contributed by atoms with Crippen LogP contribution in [-0.4, -0.2) is 5.88 Å². The van der Waals surface area contributed by atoms with Crippen molar-refractivity contribution in [2.24, 2.45) is 0 Å². The molecule has 0 N–H and O–H groups in total. The molecule has 0 fully saturated rings. The number of benzene rings is 1. The Morgan fingerprint density at radius 1 is 1.29 bits per heavy atom. The van der Waals surface area contributed by atoms with Gasteiger partial charge in [0.1, 0.15) is 0 Å². The third-order valence-corrected chi connectivity index (χ3v) is 2.57. The molecule has 74 valence electrons. The van der Waals surface area contributed by atoms with E-state index in [4.69, 9.17) is 28.5 Å². The quantitative estimate of drug-likeness (QED) is 0.715. The zero-order chi connectivity index (χ0) is 10.4. The standard InChI is InChI=1S/C11H11Cl2N/c12-7-1-2-10(8-14)9-3-5-11(13)6-4-9/h3-6,10H,1-2,7H2. The Kier molecular flexibility index (Phi) is 4.79. The Balaban J connectivity index is 2.70. The van der Waals surface area contributed by atoms with E-state index in [1.54, 1.807) is 0 Å². The summed E-state index contributed by atoms with van der Waals surface area (Å²) in [6.45, 7) is 0. The fourth-order valence-electron chi connectivity index (χ4n) is 1.28. The van der Waals surface area contributed by atoms with Crippen molar-refractivity contribution < 1.29 is 0 Å². The smallest absolute Gasteiger partial charge is 0.0713 e. The van der Waals surface area contributed by atoms with Crippen LogP contribution in [0.3, 0.4) is 0 Å². The molecule has 0 aliphatic carbocycles. The Morgan fingerprint density at radius 2 is 1.93 bits per heavy atom. The third-order valence-electron chi connectivity index (χ3n) is 2.05. The molecule has 1 atom stereocenters. The summed E-state index contributed by atoms with van der Waals surface area (Å²) in [4.78, 5) is 0. The van der Waals surface area contributed by atoms with Crippen LogP contribution in [0.15, 0.2) is 24.3 Å². The highest BCUT2D eigenvalue weighted by Crippen LogP contribution is 2.22. The number of hydrogen-bond donors (Lipinski definition) is 0. The van der Waals surface area contributed by atoms with Gasteiger partial charge in [0, 0.05) is 10.9 Å². The fourth-order valence-corrected chi connectivity index (χ4v) is 1.56. The normalized spacial score (nSPS) is 12.1. The minimum atomic E-state index is -0.0639. The van der Waals surface area contributed by atoms with Gasteiger partial charge in [0.05, 0.1) is 12.0 Å². The van der Waals surface area contributed by atoms with E-state index in [2.05, 4.69) is 6.07 Å². The Morgan fingerprint density at radius 3 is 2.43 bits per heavy atom. The predicted molar refractivity (Wildman–Crippen MR) is 59.8 cm³/mol. The highest BCUT2D eigenvalue weighted by atomic mass is 35.5. The summed E-state index contributed by atoms with van der Waals surface area (Å²) in [5.74, 6) is 0.539. The summed E-state index contributed by atoms with van der Waals surface area (Å²) < 4.78 is 0. The minimum Gasteiger partial charge on any atom is -0.198 e. The Hall–Kier alpha value is -0.710. The van der Waals surface area contributed by atoms with Crippen LogP contribution in [0.4, 0.5) is 0 Å². The predicted octanol–water partition coefficient (Wildman–Crippen LogP) is 3.97. The summed E-state index contributed by atoms with van der Waals surface area (Å²) in [5.41, 5.74) is 1.02. The third kappa shape index (κ3) is 3.21. The molecule has 0 saturated heterocycles. The van der Waals surface area contributed by atoms with E-state index in [9.17, 15) is 0 Å². The molecular formula is C11H11Cl2N. The van der Waals surface area contributed by atoms with Crippen molar-refractivity contribution in [1.82, 2.24) is 0 Å². The molecule has 14 heavy (non-hydrogen) atoms. The van der Waals surface area contributed by atoms with Crippen molar-refractivity contribution in [3.05, 3.63) is 34.9 Å². The van der Waals surface area contributed by atoms with Crippen molar-refractivity contribution >= 4 is 23.2 Å². The topological polar surface area (TPSA) is 23.8 Å². The second-order valence-corrected chi connectivity index (χ2v) is 3.88.